The van der Waals surface area contributed by atoms with Crippen LogP contribution in [0, 0.1) is 0 Å². The molecule has 2 N–H and O–H groups in total. The van der Waals surface area contributed by atoms with Gasteiger partial charge in [0.05, 0.1) is 12.3 Å². The summed E-state index contributed by atoms with van der Waals surface area (Å²) in [7, 11) is 0. The Hall–Kier alpha value is -1.36. The zero-order valence-corrected chi connectivity index (χ0v) is 7.36. The van der Waals surface area contributed by atoms with E-state index >= 15 is 0 Å². The Morgan fingerprint density at radius 1 is 1.85 bits per heavy atom. The molecule has 0 spiro atoms. The molecule has 1 aromatic heterocycles. The maximum Gasteiger partial charge on any atom is 0.289 e. The van der Waals surface area contributed by atoms with Crippen LogP contribution >= 0.6 is 0 Å². The minimum absolute atomic E-state index is 0.186. The maximum absolute atomic E-state index is 11.2. The monoisotopic (exact) mass is 184 g/mol. The van der Waals surface area contributed by atoms with Crippen LogP contribution in [0.15, 0.2) is 16.8 Å². The van der Waals surface area contributed by atoms with Gasteiger partial charge in [-0.2, -0.15) is 0 Å². The van der Waals surface area contributed by atoms with Gasteiger partial charge in [0, 0.05) is 12.6 Å². The summed E-state index contributed by atoms with van der Waals surface area (Å²) >= 11 is 0. The van der Waals surface area contributed by atoms with Gasteiger partial charge in [0.25, 0.3) is 5.91 Å². The number of nitrogens with zero attached hydrogens (tertiary/aromatic N) is 1. The molecule has 1 heterocycles. The second-order valence-corrected chi connectivity index (χ2v) is 2.77. The minimum atomic E-state index is -0.407. The summed E-state index contributed by atoms with van der Waals surface area (Å²) in [4.78, 5) is 11.2. The number of rotatable bonds is 4. The van der Waals surface area contributed by atoms with E-state index in [-0.39, 0.29) is 11.7 Å². The van der Waals surface area contributed by atoms with Crippen molar-refractivity contribution in [2.45, 2.75) is 19.4 Å². The van der Waals surface area contributed by atoms with Crippen molar-refractivity contribution in [3.8, 4) is 0 Å². The molecular formula is C8H12N2O3. The summed E-state index contributed by atoms with van der Waals surface area (Å²) in [5.41, 5.74) is 0. The van der Waals surface area contributed by atoms with Crippen LogP contribution in [-0.2, 0) is 0 Å². The molecule has 1 atom stereocenters. The molecule has 1 unspecified atom stereocenters. The van der Waals surface area contributed by atoms with Crippen LogP contribution in [0.2, 0.25) is 0 Å². The molecule has 1 aromatic rings. The SMILES string of the molecule is CC(O)CCNC(=O)c1ccno1. The van der Waals surface area contributed by atoms with Crippen molar-refractivity contribution in [3.05, 3.63) is 18.0 Å². The van der Waals surface area contributed by atoms with Gasteiger partial charge in [0.15, 0.2) is 0 Å². The first-order chi connectivity index (χ1) is 6.20. The highest BCUT2D eigenvalue weighted by Crippen LogP contribution is 1.95. The molecule has 5 nitrogen and oxygen atoms in total. The number of aliphatic hydroxyl groups is 1. The van der Waals surface area contributed by atoms with E-state index in [9.17, 15) is 4.79 Å². The molecule has 0 aromatic carbocycles. The summed E-state index contributed by atoms with van der Waals surface area (Å²) in [6.07, 6.45) is 1.53. The van der Waals surface area contributed by atoms with Crippen molar-refractivity contribution in [2.24, 2.45) is 0 Å². The van der Waals surface area contributed by atoms with Gasteiger partial charge < -0.3 is 14.9 Å². The highest BCUT2D eigenvalue weighted by atomic mass is 16.5. The maximum atomic E-state index is 11.2. The third-order valence-electron chi connectivity index (χ3n) is 1.51. The topological polar surface area (TPSA) is 75.4 Å². The van der Waals surface area contributed by atoms with Gasteiger partial charge in [0.2, 0.25) is 5.76 Å². The van der Waals surface area contributed by atoms with E-state index in [2.05, 4.69) is 15.0 Å². The number of hydrogen-bond acceptors (Lipinski definition) is 4. The fourth-order valence-electron chi connectivity index (χ4n) is 0.815. The predicted octanol–water partition coefficient (Wildman–Crippen LogP) is 0.175. The predicted molar refractivity (Wildman–Crippen MR) is 45.1 cm³/mol. The Kier molecular flexibility index (Phi) is 3.45. The van der Waals surface area contributed by atoms with Gasteiger partial charge in [-0.05, 0) is 13.3 Å². The lowest BCUT2D eigenvalue weighted by molar-refractivity contribution is 0.0909. The first-order valence-electron chi connectivity index (χ1n) is 4.07. The lowest BCUT2D eigenvalue weighted by Gasteiger charge is -2.03. The van der Waals surface area contributed by atoms with Crippen molar-refractivity contribution < 1.29 is 14.4 Å². The normalized spacial score (nSPS) is 12.5. The van der Waals surface area contributed by atoms with Crippen LogP contribution in [0.25, 0.3) is 0 Å². The summed E-state index contributed by atoms with van der Waals surface area (Å²) in [6.45, 7) is 2.10. The van der Waals surface area contributed by atoms with Crippen LogP contribution in [0.3, 0.4) is 0 Å². The molecule has 0 radical (unpaired) electrons. The van der Waals surface area contributed by atoms with E-state index in [4.69, 9.17) is 5.11 Å². The zero-order chi connectivity index (χ0) is 9.68. The van der Waals surface area contributed by atoms with Crippen molar-refractivity contribution in [2.75, 3.05) is 6.54 Å². The zero-order valence-electron chi connectivity index (χ0n) is 7.36. The lowest BCUT2D eigenvalue weighted by Crippen LogP contribution is -2.26. The molecule has 1 amide bonds. The summed E-state index contributed by atoms with van der Waals surface area (Å²) < 4.78 is 4.63. The highest BCUT2D eigenvalue weighted by molar-refractivity contribution is 5.91. The molecule has 0 saturated heterocycles. The number of hydrogen-bond donors (Lipinski definition) is 2. The van der Waals surface area contributed by atoms with Crippen molar-refractivity contribution in [1.29, 1.82) is 0 Å². The molecule has 1 rings (SSSR count). The van der Waals surface area contributed by atoms with Gasteiger partial charge in [-0.3, -0.25) is 4.79 Å². The van der Waals surface area contributed by atoms with E-state index in [1.54, 1.807) is 6.92 Å². The Bertz CT molecular complexity index is 256. The molecule has 5 heteroatoms. The number of nitrogens with one attached hydrogen (secondary N) is 1. The Morgan fingerprint density at radius 2 is 2.62 bits per heavy atom. The number of carbonyl (C=O) groups is 1. The van der Waals surface area contributed by atoms with E-state index in [1.807, 2.05) is 0 Å². The molecule has 0 aliphatic rings. The van der Waals surface area contributed by atoms with Gasteiger partial charge >= 0.3 is 0 Å². The van der Waals surface area contributed by atoms with Crippen LogP contribution in [0.1, 0.15) is 23.9 Å². The average Bonchev–Trinajstić information content (AvgIpc) is 2.55. The average molecular weight is 184 g/mol. The molecule has 0 aliphatic carbocycles. The molecule has 0 aliphatic heterocycles. The number of aliphatic hydroxyl groups excluding tert-OH is 1. The summed E-state index contributed by atoms with van der Waals surface area (Å²) in [5.74, 6) is -0.122. The smallest absolute Gasteiger partial charge is 0.289 e. The Labute approximate surface area is 75.7 Å². The fraction of sp³-hybridized carbons (Fsp3) is 0.500. The van der Waals surface area contributed by atoms with Crippen LogP contribution < -0.4 is 5.32 Å². The third-order valence-corrected chi connectivity index (χ3v) is 1.51. The quantitative estimate of drug-likeness (QED) is 0.699. The standard InChI is InChI=1S/C8H12N2O3/c1-6(11)2-4-9-8(12)7-3-5-10-13-7/h3,5-6,11H,2,4H2,1H3,(H,9,12). The van der Waals surface area contributed by atoms with Gasteiger partial charge in [-0.1, -0.05) is 5.16 Å². The first-order valence-corrected chi connectivity index (χ1v) is 4.07. The minimum Gasteiger partial charge on any atom is -0.393 e. The largest absolute Gasteiger partial charge is 0.393 e. The van der Waals surface area contributed by atoms with Crippen LogP contribution in [0.4, 0.5) is 0 Å². The second-order valence-electron chi connectivity index (χ2n) is 2.77. The number of carbonyl (C=O) groups excluding carboxylic acids is 1. The second kappa shape index (κ2) is 4.61. The van der Waals surface area contributed by atoms with Crippen molar-refractivity contribution in [3.63, 3.8) is 0 Å². The fourth-order valence-corrected chi connectivity index (χ4v) is 0.815. The molecule has 72 valence electrons. The molecule has 0 saturated carbocycles. The summed E-state index contributed by atoms with van der Waals surface area (Å²) in [5, 5.41) is 14.9. The van der Waals surface area contributed by atoms with E-state index in [1.165, 1.54) is 12.3 Å². The van der Waals surface area contributed by atoms with Gasteiger partial charge in [-0.25, -0.2) is 0 Å². The van der Waals surface area contributed by atoms with Crippen molar-refractivity contribution >= 4 is 5.91 Å². The van der Waals surface area contributed by atoms with Gasteiger partial charge in [-0.15, -0.1) is 0 Å². The van der Waals surface area contributed by atoms with Crippen LogP contribution in [0.5, 0.6) is 0 Å². The number of amides is 1. The Morgan fingerprint density at radius 3 is 3.15 bits per heavy atom. The molecule has 0 bridgehead atoms. The first kappa shape index (κ1) is 9.73. The Balaban J connectivity index is 2.27. The van der Waals surface area contributed by atoms with E-state index in [0.717, 1.165) is 0 Å². The van der Waals surface area contributed by atoms with Crippen LogP contribution in [-0.4, -0.2) is 28.8 Å². The molecular weight excluding hydrogens is 172 g/mol. The van der Waals surface area contributed by atoms with E-state index < -0.39 is 6.10 Å². The van der Waals surface area contributed by atoms with Gasteiger partial charge in [0.1, 0.15) is 0 Å². The molecule has 13 heavy (non-hydrogen) atoms. The van der Waals surface area contributed by atoms with Crippen molar-refractivity contribution in [1.82, 2.24) is 10.5 Å². The highest BCUT2D eigenvalue weighted by Gasteiger charge is 2.08. The molecule has 0 fully saturated rings. The number of aromatic nitrogens is 1. The third kappa shape index (κ3) is 3.25. The lowest BCUT2D eigenvalue weighted by atomic mass is 10.3. The van der Waals surface area contributed by atoms with E-state index in [0.29, 0.717) is 13.0 Å². The summed E-state index contributed by atoms with van der Waals surface area (Å²) in [6, 6.07) is 1.48.